The predicted octanol–water partition coefficient (Wildman–Crippen LogP) is 4.14. The minimum Gasteiger partial charge on any atom is -0.426 e. The fourth-order valence-electron chi connectivity index (χ4n) is 4.91. The van der Waals surface area contributed by atoms with Gasteiger partial charge in [-0.2, -0.15) is 0 Å². The van der Waals surface area contributed by atoms with Gasteiger partial charge in [-0.3, -0.25) is 19.2 Å². The lowest BCUT2D eigenvalue weighted by Crippen LogP contribution is -2.31. The molecule has 3 amide bonds. The van der Waals surface area contributed by atoms with E-state index >= 15 is 0 Å². The lowest BCUT2D eigenvalue weighted by Gasteiger charge is -2.18. The third kappa shape index (κ3) is 4.01. The van der Waals surface area contributed by atoms with Crippen molar-refractivity contribution in [2.24, 2.45) is 17.8 Å². The van der Waals surface area contributed by atoms with Crippen LogP contribution < -0.4 is 14.5 Å². The molecule has 3 aliphatic rings. The highest BCUT2D eigenvalue weighted by molar-refractivity contribution is 6.30. The van der Waals surface area contributed by atoms with Gasteiger partial charge in [0.25, 0.3) is 0 Å². The maximum absolute atomic E-state index is 13.0. The first-order valence-corrected chi connectivity index (χ1v) is 11.6. The van der Waals surface area contributed by atoms with Crippen LogP contribution in [0, 0.1) is 17.8 Å². The maximum atomic E-state index is 13.0. The van der Waals surface area contributed by atoms with Crippen molar-refractivity contribution in [1.82, 2.24) is 0 Å². The van der Waals surface area contributed by atoms with Crippen LogP contribution in [0.5, 0.6) is 5.75 Å². The van der Waals surface area contributed by atoms with E-state index in [1.165, 1.54) is 15.9 Å². The van der Waals surface area contributed by atoms with Crippen LogP contribution in [-0.2, 0) is 19.2 Å². The Bertz CT molecular complexity index is 1220. The van der Waals surface area contributed by atoms with Gasteiger partial charge in [0.1, 0.15) is 5.75 Å². The molecule has 0 saturated carbocycles. The molecule has 7 nitrogen and oxygen atoms in total. The van der Waals surface area contributed by atoms with E-state index in [0.717, 1.165) is 5.57 Å². The lowest BCUT2D eigenvalue weighted by atomic mass is 9.82. The molecule has 2 aromatic carbocycles. The summed E-state index contributed by atoms with van der Waals surface area (Å²) in [5, 5.41) is 0.562. The van der Waals surface area contributed by atoms with E-state index in [4.69, 9.17) is 16.3 Å². The number of ether oxygens (including phenoxy) is 1. The smallest absolute Gasteiger partial charge is 0.316 e. The van der Waals surface area contributed by atoms with Crippen LogP contribution in [0.3, 0.4) is 0 Å². The number of hydrogen-bond acceptors (Lipinski definition) is 5. The molecule has 0 radical (unpaired) electrons. The lowest BCUT2D eigenvalue weighted by molar-refractivity contribution is -0.139. The molecule has 2 fully saturated rings. The van der Waals surface area contributed by atoms with Crippen molar-refractivity contribution in [1.29, 1.82) is 0 Å². The zero-order chi connectivity index (χ0) is 24.0. The Morgan fingerprint density at radius 3 is 2.47 bits per heavy atom. The summed E-state index contributed by atoms with van der Waals surface area (Å²) in [6.07, 6.45) is 3.20. The van der Waals surface area contributed by atoms with Crippen molar-refractivity contribution in [3.05, 3.63) is 65.2 Å². The topological polar surface area (TPSA) is 84.0 Å². The van der Waals surface area contributed by atoms with Crippen LogP contribution in [0.1, 0.15) is 26.2 Å². The van der Waals surface area contributed by atoms with Gasteiger partial charge in [0.2, 0.25) is 17.7 Å². The molecule has 1 aliphatic carbocycles. The van der Waals surface area contributed by atoms with Gasteiger partial charge >= 0.3 is 5.97 Å². The van der Waals surface area contributed by atoms with Gasteiger partial charge in [0.15, 0.2) is 0 Å². The summed E-state index contributed by atoms with van der Waals surface area (Å²) >= 11 is 5.92. The van der Waals surface area contributed by atoms with Crippen molar-refractivity contribution < 1.29 is 23.9 Å². The van der Waals surface area contributed by atoms with Gasteiger partial charge in [-0.1, -0.05) is 29.3 Å². The van der Waals surface area contributed by atoms with Gasteiger partial charge in [-0.05, 0) is 56.2 Å². The van der Waals surface area contributed by atoms with E-state index in [1.807, 2.05) is 13.0 Å². The molecule has 2 heterocycles. The van der Waals surface area contributed by atoms with Gasteiger partial charge in [-0.25, -0.2) is 4.90 Å². The fraction of sp³-hybridized carbons (Fsp3) is 0.308. The van der Waals surface area contributed by atoms with Crippen LogP contribution in [0.4, 0.5) is 11.4 Å². The second-order valence-electron chi connectivity index (χ2n) is 9.02. The Hall–Kier alpha value is -3.45. The Labute approximate surface area is 201 Å². The Balaban J connectivity index is 1.29. The number of imide groups is 1. The van der Waals surface area contributed by atoms with Crippen molar-refractivity contribution >= 4 is 46.7 Å². The highest BCUT2D eigenvalue weighted by Gasteiger charge is 2.48. The van der Waals surface area contributed by atoms with E-state index in [1.54, 1.807) is 42.5 Å². The number of amides is 3. The Kier molecular flexibility index (Phi) is 5.73. The van der Waals surface area contributed by atoms with Gasteiger partial charge in [-0.15, -0.1) is 0 Å². The highest BCUT2D eigenvalue weighted by atomic mass is 35.5. The second kappa shape index (κ2) is 8.72. The molecule has 0 aromatic heterocycles. The molecule has 2 saturated heterocycles. The van der Waals surface area contributed by atoms with Crippen LogP contribution in [0.2, 0.25) is 5.02 Å². The zero-order valence-electron chi connectivity index (χ0n) is 18.6. The van der Waals surface area contributed by atoms with E-state index in [2.05, 4.69) is 0 Å². The van der Waals surface area contributed by atoms with E-state index < -0.39 is 11.9 Å². The number of rotatable bonds is 4. The minimum absolute atomic E-state index is 0.0416. The molecular formula is C26H23ClN2O5. The quantitative estimate of drug-likeness (QED) is 0.285. The van der Waals surface area contributed by atoms with E-state index in [-0.39, 0.29) is 48.3 Å². The number of hydrogen-bond donors (Lipinski definition) is 0. The van der Waals surface area contributed by atoms with Crippen LogP contribution in [0.25, 0.3) is 0 Å². The van der Waals surface area contributed by atoms with Crippen LogP contribution in [0.15, 0.2) is 60.2 Å². The predicted molar refractivity (Wildman–Crippen MR) is 126 cm³/mol. The third-order valence-electron chi connectivity index (χ3n) is 6.71. The number of fused-ring (bicyclic) bond motifs is 1. The highest BCUT2D eigenvalue weighted by Crippen LogP contribution is 2.40. The molecule has 2 aromatic rings. The van der Waals surface area contributed by atoms with Gasteiger partial charge < -0.3 is 9.64 Å². The molecule has 34 heavy (non-hydrogen) atoms. The number of carbonyl (C=O) groups is 4. The normalized spacial score (nSPS) is 24.4. The monoisotopic (exact) mass is 478 g/mol. The number of anilines is 2. The summed E-state index contributed by atoms with van der Waals surface area (Å²) in [6.45, 7) is 2.18. The Morgan fingerprint density at radius 1 is 0.971 bits per heavy atom. The molecule has 3 atom stereocenters. The van der Waals surface area contributed by atoms with Crippen molar-refractivity contribution in [2.75, 3.05) is 16.3 Å². The molecule has 8 heteroatoms. The summed E-state index contributed by atoms with van der Waals surface area (Å²) < 4.78 is 5.56. The number of esters is 1. The molecule has 2 aliphatic heterocycles. The first-order chi connectivity index (χ1) is 16.3. The fourth-order valence-corrected chi connectivity index (χ4v) is 5.04. The summed E-state index contributed by atoms with van der Waals surface area (Å²) in [5.74, 6) is -2.22. The first-order valence-electron chi connectivity index (χ1n) is 11.2. The van der Waals surface area contributed by atoms with E-state index in [0.29, 0.717) is 29.2 Å². The Morgan fingerprint density at radius 2 is 1.71 bits per heavy atom. The van der Waals surface area contributed by atoms with E-state index in [9.17, 15) is 19.2 Å². The van der Waals surface area contributed by atoms with Crippen LogP contribution >= 0.6 is 11.6 Å². The summed E-state index contributed by atoms with van der Waals surface area (Å²) in [5.41, 5.74) is 2.17. The minimum atomic E-state index is -0.626. The maximum Gasteiger partial charge on any atom is 0.316 e. The summed E-state index contributed by atoms with van der Waals surface area (Å²) in [7, 11) is 0. The number of benzene rings is 2. The van der Waals surface area contributed by atoms with Crippen molar-refractivity contribution in [2.45, 2.75) is 26.2 Å². The molecule has 5 rings (SSSR count). The molecule has 0 unspecified atom stereocenters. The molecule has 0 spiro atoms. The van der Waals surface area contributed by atoms with Gasteiger partial charge in [0, 0.05) is 29.7 Å². The number of allylic oxidation sites excluding steroid dienone is 2. The molecule has 0 N–H and O–H groups in total. The number of nitrogens with zero attached hydrogens (tertiary/aromatic N) is 2. The SMILES string of the molecule is CC1=CC[C@@H]2C(=O)N(c3cccc(OC(=O)[C@@H]4CC(=O)N(c5ccc(Cl)cc5)C4)c3)C(=O)[C@H]2C1. The van der Waals surface area contributed by atoms with Crippen molar-refractivity contribution in [3.63, 3.8) is 0 Å². The number of halogens is 1. The largest absolute Gasteiger partial charge is 0.426 e. The standard InChI is InChI=1S/C26H23ClN2O5/c1-15-5-10-21-22(11-15)25(32)29(24(21)31)19-3-2-4-20(13-19)34-26(33)16-12-23(30)28(14-16)18-8-6-17(27)7-9-18/h2-9,13,16,21-22H,10-12,14H2,1H3/t16-,21+,22+/m1/s1. The molecule has 0 bridgehead atoms. The van der Waals surface area contributed by atoms with Crippen LogP contribution in [-0.4, -0.2) is 30.2 Å². The summed E-state index contributed by atoms with van der Waals surface area (Å²) in [4.78, 5) is 54.0. The molecule has 174 valence electrons. The first kappa shape index (κ1) is 22.3. The average molecular weight is 479 g/mol. The average Bonchev–Trinajstić information content (AvgIpc) is 3.32. The van der Waals surface area contributed by atoms with Crippen molar-refractivity contribution in [3.8, 4) is 5.75 Å². The summed E-state index contributed by atoms with van der Waals surface area (Å²) in [6, 6.07) is 13.3. The third-order valence-corrected chi connectivity index (χ3v) is 6.97. The zero-order valence-corrected chi connectivity index (χ0v) is 19.3. The number of carbonyl (C=O) groups excluding carboxylic acids is 4. The molecular weight excluding hydrogens is 456 g/mol. The second-order valence-corrected chi connectivity index (χ2v) is 9.45. The van der Waals surface area contributed by atoms with Gasteiger partial charge in [0.05, 0.1) is 23.4 Å².